The summed E-state index contributed by atoms with van der Waals surface area (Å²) in [5, 5.41) is 0. The first-order valence-electron chi connectivity index (χ1n) is 3.34. The van der Waals surface area contributed by atoms with Crippen LogP contribution in [0.4, 0.5) is 0 Å². The normalized spacial score (nSPS) is 19.8. The van der Waals surface area contributed by atoms with E-state index in [0.717, 1.165) is 17.4 Å². The summed E-state index contributed by atoms with van der Waals surface area (Å²) in [5.74, 6) is 0. The average Bonchev–Trinajstić information content (AvgIpc) is 2.47. The largest absolute Gasteiger partial charge is 0.301 e. The van der Waals surface area contributed by atoms with Gasteiger partial charge in [-0.05, 0) is 11.6 Å². The molecule has 1 aliphatic heterocycles. The molecule has 0 radical (unpaired) electrons. The summed E-state index contributed by atoms with van der Waals surface area (Å²) in [5.41, 5.74) is 1.90. The molecular formula is C8H6N2O. The van der Waals surface area contributed by atoms with Crippen LogP contribution in [0.3, 0.4) is 0 Å². The third-order valence-electron chi connectivity index (χ3n) is 1.71. The fourth-order valence-corrected chi connectivity index (χ4v) is 1.14. The van der Waals surface area contributed by atoms with Crippen LogP contribution in [0.1, 0.15) is 17.2 Å². The minimum absolute atomic E-state index is 0.298. The van der Waals surface area contributed by atoms with Crippen LogP contribution >= 0.6 is 0 Å². The quantitative estimate of drug-likeness (QED) is 0.549. The number of carbonyl (C=O) groups is 1. The van der Waals surface area contributed by atoms with E-state index in [-0.39, 0.29) is 6.04 Å². The number of pyridine rings is 1. The molecule has 0 N–H and O–H groups in total. The molecule has 0 amide bonds. The molecular weight excluding hydrogens is 140 g/mol. The molecule has 1 aromatic rings. The number of carbonyl (C=O) groups excluding carboxylic acids is 1. The van der Waals surface area contributed by atoms with Gasteiger partial charge < -0.3 is 4.79 Å². The molecule has 54 valence electrons. The number of aliphatic imine (C=N–C) groups is 1. The van der Waals surface area contributed by atoms with Crippen molar-refractivity contribution in [3.63, 3.8) is 0 Å². The lowest BCUT2D eigenvalue weighted by Gasteiger charge is -1.98. The van der Waals surface area contributed by atoms with Crippen molar-refractivity contribution in [2.75, 3.05) is 0 Å². The molecule has 1 atom stereocenters. The molecule has 0 spiro atoms. The minimum atomic E-state index is -0.298. The van der Waals surface area contributed by atoms with Gasteiger partial charge in [0.2, 0.25) is 0 Å². The van der Waals surface area contributed by atoms with Gasteiger partial charge in [-0.25, -0.2) is 0 Å². The van der Waals surface area contributed by atoms with Gasteiger partial charge >= 0.3 is 0 Å². The zero-order chi connectivity index (χ0) is 7.68. The second-order valence-electron chi connectivity index (χ2n) is 2.36. The molecule has 3 nitrogen and oxygen atoms in total. The summed E-state index contributed by atoms with van der Waals surface area (Å²) in [6.07, 6.45) is 5.90. The van der Waals surface area contributed by atoms with Gasteiger partial charge in [-0.15, -0.1) is 0 Å². The van der Waals surface area contributed by atoms with E-state index in [0.29, 0.717) is 0 Å². The first-order valence-corrected chi connectivity index (χ1v) is 3.34. The SMILES string of the molecule is O=CC1N=Cc2cnccc21. The molecule has 0 bridgehead atoms. The molecule has 2 rings (SSSR count). The van der Waals surface area contributed by atoms with E-state index in [1.54, 1.807) is 18.6 Å². The topological polar surface area (TPSA) is 42.3 Å². The first kappa shape index (κ1) is 6.22. The fraction of sp³-hybridized carbons (Fsp3) is 0.125. The van der Waals surface area contributed by atoms with Crippen LogP contribution in [0.2, 0.25) is 0 Å². The fourth-order valence-electron chi connectivity index (χ4n) is 1.14. The van der Waals surface area contributed by atoms with Crippen molar-refractivity contribution in [1.29, 1.82) is 0 Å². The van der Waals surface area contributed by atoms with Gasteiger partial charge in [0.1, 0.15) is 12.3 Å². The van der Waals surface area contributed by atoms with Gasteiger partial charge in [0, 0.05) is 24.2 Å². The summed E-state index contributed by atoms with van der Waals surface area (Å²) < 4.78 is 0. The van der Waals surface area contributed by atoms with Crippen LogP contribution in [0, 0.1) is 0 Å². The van der Waals surface area contributed by atoms with E-state index in [4.69, 9.17) is 0 Å². The van der Waals surface area contributed by atoms with Gasteiger partial charge in [-0.3, -0.25) is 9.98 Å². The van der Waals surface area contributed by atoms with Crippen LogP contribution in [0.15, 0.2) is 23.5 Å². The molecule has 1 aliphatic rings. The van der Waals surface area contributed by atoms with Gasteiger partial charge in [0.25, 0.3) is 0 Å². The molecule has 3 heteroatoms. The Morgan fingerprint density at radius 1 is 1.55 bits per heavy atom. The van der Waals surface area contributed by atoms with Crippen molar-refractivity contribution in [3.8, 4) is 0 Å². The van der Waals surface area contributed by atoms with Crippen LogP contribution in [0.5, 0.6) is 0 Å². The maximum Gasteiger partial charge on any atom is 0.149 e. The number of hydrogen-bond donors (Lipinski definition) is 0. The van der Waals surface area contributed by atoms with Crippen molar-refractivity contribution in [1.82, 2.24) is 4.98 Å². The van der Waals surface area contributed by atoms with E-state index < -0.39 is 0 Å². The number of nitrogens with zero attached hydrogens (tertiary/aromatic N) is 2. The Kier molecular flexibility index (Phi) is 1.28. The summed E-state index contributed by atoms with van der Waals surface area (Å²) in [6.45, 7) is 0. The third-order valence-corrected chi connectivity index (χ3v) is 1.71. The third kappa shape index (κ3) is 0.852. The highest BCUT2D eigenvalue weighted by Gasteiger charge is 2.16. The molecule has 11 heavy (non-hydrogen) atoms. The van der Waals surface area contributed by atoms with Crippen LogP contribution in [0.25, 0.3) is 0 Å². The molecule has 0 saturated heterocycles. The highest BCUT2D eigenvalue weighted by Crippen LogP contribution is 2.22. The second kappa shape index (κ2) is 2.27. The van der Waals surface area contributed by atoms with Crippen LogP contribution < -0.4 is 0 Å². The second-order valence-corrected chi connectivity index (χ2v) is 2.36. The smallest absolute Gasteiger partial charge is 0.149 e. The number of aldehydes is 1. The number of hydrogen-bond acceptors (Lipinski definition) is 3. The molecule has 1 unspecified atom stereocenters. The van der Waals surface area contributed by atoms with Crippen molar-refractivity contribution >= 4 is 12.5 Å². The van der Waals surface area contributed by atoms with Gasteiger partial charge in [0.05, 0.1) is 0 Å². The van der Waals surface area contributed by atoms with Gasteiger partial charge in [-0.1, -0.05) is 0 Å². The van der Waals surface area contributed by atoms with Crippen molar-refractivity contribution in [2.45, 2.75) is 6.04 Å². The monoisotopic (exact) mass is 146 g/mol. The highest BCUT2D eigenvalue weighted by molar-refractivity contribution is 5.88. The lowest BCUT2D eigenvalue weighted by atomic mass is 10.1. The lowest BCUT2D eigenvalue weighted by molar-refractivity contribution is -0.108. The summed E-state index contributed by atoms with van der Waals surface area (Å²) >= 11 is 0. The maximum atomic E-state index is 10.4. The van der Waals surface area contributed by atoms with Gasteiger partial charge in [-0.2, -0.15) is 0 Å². The Balaban J connectivity index is 2.53. The zero-order valence-corrected chi connectivity index (χ0v) is 5.77. The molecule has 1 aromatic heterocycles. The molecule has 0 aromatic carbocycles. The summed E-state index contributed by atoms with van der Waals surface area (Å²) in [7, 11) is 0. The van der Waals surface area contributed by atoms with Gasteiger partial charge in [0.15, 0.2) is 0 Å². The summed E-state index contributed by atoms with van der Waals surface area (Å²) in [4.78, 5) is 18.3. The van der Waals surface area contributed by atoms with E-state index in [1.165, 1.54) is 0 Å². The Morgan fingerprint density at radius 2 is 2.45 bits per heavy atom. The highest BCUT2D eigenvalue weighted by atomic mass is 16.1. The van der Waals surface area contributed by atoms with E-state index >= 15 is 0 Å². The number of aromatic nitrogens is 1. The maximum absolute atomic E-state index is 10.4. The Morgan fingerprint density at radius 3 is 3.27 bits per heavy atom. The van der Waals surface area contributed by atoms with Crippen molar-refractivity contribution in [2.24, 2.45) is 4.99 Å². The minimum Gasteiger partial charge on any atom is -0.301 e. The molecule has 0 saturated carbocycles. The summed E-state index contributed by atoms with van der Waals surface area (Å²) in [6, 6.07) is 1.52. The predicted octanol–water partition coefficient (Wildman–Crippen LogP) is 0.754. The lowest BCUT2D eigenvalue weighted by Crippen LogP contribution is -1.93. The van der Waals surface area contributed by atoms with E-state index in [9.17, 15) is 4.79 Å². The average molecular weight is 146 g/mol. The van der Waals surface area contributed by atoms with Crippen LogP contribution in [-0.4, -0.2) is 17.5 Å². The van der Waals surface area contributed by atoms with E-state index in [1.807, 2.05) is 6.07 Å². The van der Waals surface area contributed by atoms with Crippen LogP contribution in [-0.2, 0) is 4.79 Å². The molecule has 2 heterocycles. The first-order chi connectivity index (χ1) is 5.42. The Hall–Kier alpha value is -1.51. The van der Waals surface area contributed by atoms with Crippen molar-refractivity contribution < 1.29 is 4.79 Å². The zero-order valence-electron chi connectivity index (χ0n) is 5.77. The predicted molar refractivity (Wildman–Crippen MR) is 40.6 cm³/mol. The van der Waals surface area contributed by atoms with Crippen molar-refractivity contribution in [3.05, 3.63) is 29.6 Å². The number of rotatable bonds is 1. The standard InChI is InChI=1S/C8H6N2O/c11-5-8-7-1-2-9-3-6(7)4-10-8/h1-5,8H. The van der Waals surface area contributed by atoms with E-state index in [2.05, 4.69) is 9.98 Å². The number of fused-ring (bicyclic) bond motifs is 1. The Bertz CT molecular complexity index is 320. The molecule has 0 aliphatic carbocycles. The molecule has 0 fully saturated rings. The Labute approximate surface area is 63.8 Å².